The number of nitrogens with two attached hydrogens (primary N) is 7. The standard InChI is InChI=1S/C42H74N18O11/c1-23(54-39(68)33(31(61)19-46)59-35(64)25(47)8-2-4-13-43)34(63)52-21-32(62)55-27(10-6-15-45)40(69)60-17-12-30(60)38(67)58-29(18-24-20-50-22-53-24)37(66)56-26(9-3-5-14-44)36(65)57-28(41(70)71)11-7-16-51-42(48)49/h11,20,22-23,25-27,29-31,33,61H,2-10,12-19,21,43-47H2,1H3,(H,50,53)(H,52,63)(H,54,68)(H,55,62)(H,56,66)(H,57,65)(H,58,67)(H,59,64)(H,70,71)(H4,48,49,51)/b28-11-/t23-,25-,26-,27+,29-,30-,31-,33-/m0/s1. The molecule has 2 rings (SSSR count). The lowest BCUT2D eigenvalue weighted by molar-refractivity contribution is -0.150. The lowest BCUT2D eigenvalue weighted by atomic mass is 9.98. The number of guanidine groups is 1. The van der Waals surface area contributed by atoms with Gasteiger partial charge in [-0.1, -0.05) is 12.5 Å². The molecule has 0 aliphatic carbocycles. The lowest BCUT2D eigenvalue weighted by Crippen LogP contribution is -2.64. The molecular weight excluding hydrogens is 933 g/mol. The Hall–Kier alpha value is -6.79. The molecule has 29 heteroatoms. The zero-order valence-corrected chi connectivity index (χ0v) is 40.0. The highest BCUT2D eigenvalue weighted by Gasteiger charge is 2.42. The monoisotopic (exact) mass is 1010 g/mol. The summed E-state index contributed by atoms with van der Waals surface area (Å²) < 4.78 is 0. The molecule has 8 atom stereocenters. The van der Waals surface area contributed by atoms with E-state index >= 15 is 0 Å². The van der Waals surface area contributed by atoms with E-state index in [0.717, 1.165) is 0 Å². The van der Waals surface area contributed by atoms with Gasteiger partial charge in [-0.05, 0) is 84.3 Å². The number of aliphatic hydroxyl groups excluding tert-OH is 1. The second-order valence-electron chi connectivity index (χ2n) is 16.7. The predicted molar refractivity (Wildman–Crippen MR) is 257 cm³/mol. The summed E-state index contributed by atoms with van der Waals surface area (Å²) in [5.41, 5.74) is 38.9. The summed E-state index contributed by atoms with van der Waals surface area (Å²) in [5.74, 6) is -8.04. The van der Waals surface area contributed by atoms with Gasteiger partial charge in [-0.3, -0.25) is 43.3 Å². The predicted octanol–water partition coefficient (Wildman–Crippen LogP) is -7.49. The topological polar surface area (TPSA) is 505 Å². The molecule has 71 heavy (non-hydrogen) atoms. The van der Waals surface area contributed by atoms with Crippen LogP contribution in [-0.4, -0.2) is 178 Å². The fourth-order valence-corrected chi connectivity index (χ4v) is 6.95. The van der Waals surface area contributed by atoms with Gasteiger partial charge in [0.15, 0.2) is 5.96 Å². The van der Waals surface area contributed by atoms with Crippen molar-refractivity contribution in [1.29, 1.82) is 0 Å². The summed E-state index contributed by atoms with van der Waals surface area (Å²) in [6, 6.07) is -8.76. The maximum Gasteiger partial charge on any atom is 0.352 e. The van der Waals surface area contributed by atoms with E-state index in [1.807, 2.05) is 0 Å². The first-order valence-electron chi connectivity index (χ1n) is 23.4. The van der Waals surface area contributed by atoms with Crippen molar-refractivity contribution in [1.82, 2.24) is 52.1 Å². The molecule has 8 amide bonds. The summed E-state index contributed by atoms with van der Waals surface area (Å²) in [6.07, 6.45) is 5.21. The first-order valence-corrected chi connectivity index (χ1v) is 23.4. The first-order chi connectivity index (χ1) is 33.8. The van der Waals surface area contributed by atoms with Crippen LogP contribution in [-0.2, 0) is 49.6 Å². The summed E-state index contributed by atoms with van der Waals surface area (Å²) in [5, 5.41) is 37.3. The Balaban J connectivity index is 2.16. The van der Waals surface area contributed by atoms with E-state index in [1.165, 1.54) is 30.4 Å². The van der Waals surface area contributed by atoms with Gasteiger partial charge in [0.05, 0.1) is 25.0 Å². The van der Waals surface area contributed by atoms with E-state index < -0.39 is 120 Å². The van der Waals surface area contributed by atoms with Gasteiger partial charge in [0, 0.05) is 37.9 Å². The van der Waals surface area contributed by atoms with E-state index in [1.54, 1.807) is 0 Å². The van der Waals surface area contributed by atoms with Crippen molar-refractivity contribution in [2.75, 3.05) is 45.8 Å². The number of aromatic nitrogens is 2. The van der Waals surface area contributed by atoms with Crippen LogP contribution in [0.1, 0.15) is 76.8 Å². The number of aliphatic hydroxyl groups is 1. The Kier molecular flexibility index (Phi) is 27.3. The van der Waals surface area contributed by atoms with Gasteiger partial charge >= 0.3 is 5.97 Å². The number of imidazole rings is 1. The number of hydrogen-bond acceptors (Lipinski definition) is 17. The maximum atomic E-state index is 13.9. The van der Waals surface area contributed by atoms with Crippen molar-refractivity contribution in [2.45, 2.75) is 126 Å². The summed E-state index contributed by atoms with van der Waals surface area (Å²) in [7, 11) is 0. The summed E-state index contributed by atoms with van der Waals surface area (Å²) in [6.45, 7) is 1.18. The van der Waals surface area contributed by atoms with Gasteiger partial charge in [0.1, 0.15) is 41.9 Å². The van der Waals surface area contributed by atoms with Crippen LogP contribution in [0.2, 0.25) is 0 Å². The van der Waals surface area contributed by atoms with Crippen LogP contribution in [0.3, 0.4) is 0 Å². The minimum atomic E-state index is -1.56. The molecular formula is C42H74N18O11. The third-order valence-corrected chi connectivity index (χ3v) is 11.1. The third-order valence-electron chi connectivity index (χ3n) is 11.1. The molecule has 29 nitrogen and oxygen atoms in total. The summed E-state index contributed by atoms with van der Waals surface area (Å²) in [4.78, 5) is 131. The molecule has 0 aromatic carbocycles. The Labute approximate surface area is 410 Å². The number of likely N-dealkylation sites (tertiary alicyclic amines) is 1. The van der Waals surface area contributed by atoms with Crippen LogP contribution in [0.15, 0.2) is 29.3 Å². The average Bonchev–Trinajstić information content (AvgIpc) is 3.83. The second-order valence-corrected chi connectivity index (χ2v) is 16.7. The highest BCUT2D eigenvalue weighted by Crippen LogP contribution is 2.21. The number of aromatic amines is 1. The minimum absolute atomic E-state index is 0.0425. The van der Waals surface area contributed by atoms with Crippen LogP contribution >= 0.6 is 0 Å². The fourth-order valence-electron chi connectivity index (χ4n) is 6.95. The van der Waals surface area contributed by atoms with Gasteiger partial charge in [-0.15, -0.1) is 0 Å². The normalized spacial score (nSPS) is 16.2. The molecule has 0 bridgehead atoms. The van der Waals surface area contributed by atoms with Crippen molar-refractivity contribution in [3.8, 4) is 0 Å². The van der Waals surface area contributed by atoms with Crippen LogP contribution in [0.4, 0.5) is 0 Å². The molecule has 1 aromatic rings. The fraction of sp³-hybridized carbons (Fsp3) is 0.643. The molecule has 0 spiro atoms. The Morgan fingerprint density at radius 1 is 0.817 bits per heavy atom. The second kappa shape index (κ2) is 32.2. The van der Waals surface area contributed by atoms with E-state index in [-0.39, 0.29) is 77.1 Å². The molecule has 0 saturated carbocycles. The smallest absolute Gasteiger partial charge is 0.352 e. The van der Waals surface area contributed by atoms with E-state index in [2.05, 4.69) is 52.2 Å². The molecule has 0 radical (unpaired) electrons. The van der Waals surface area contributed by atoms with Crippen molar-refractivity contribution < 1.29 is 53.4 Å². The van der Waals surface area contributed by atoms with E-state index in [4.69, 9.17) is 40.1 Å². The number of carboxylic acids is 1. The number of rotatable bonds is 34. The Morgan fingerprint density at radius 3 is 2.06 bits per heavy atom. The molecule has 1 aliphatic heterocycles. The lowest BCUT2D eigenvalue weighted by Gasteiger charge is -2.42. The number of aliphatic carboxylic acids is 1. The average molecular weight is 1010 g/mol. The van der Waals surface area contributed by atoms with Crippen LogP contribution in [0.5, 0.6) is 0 Å². The zero-order valence-electron chi connectivity index (χ0n) is 40.0. The third kappa shape index (κ3) is 21.4. The van der Waals surface area contributed by atoms with Gasteiger partial charge in [0.25, 0.3) is 0 Å². The molecule has 1 aromatic heterocycles. The van der Waals surface area contributed by atoms with Gasteiger partial charge < -0.3 is 97.5 Å². The number of H-pyrrole nitrogens is 1. The first kappa shape index (κ1) is 60.3. The van der Waals surface area contributed by atoms with Crippen molar-refractivity contribution in [3.05, 3.63) is 30.0 Å². The molecule has 398 valence electrons. The highest BCUT2D eigenvalue weighted by atomic mass is 16.4. The van der Waals surface area contributed by atoms with Gasteiger partial charge in [-0.2, -0.15) is 0 Å². The molecule has 2 heterocycles. The van der Waals surface area contributed by atoms with E-state index in [0.29, 0.717) is 37.9 Å². The highest BCUT2D eigenvalue weighted by molar-refractivity contribution is 5.99. The molecule has 0 unspecified atom stereocenters. The SMILES string of the molecule is C[C@H](NC(=O)[C@@H](NC(=O)[C@@H](N)CCCCN)[C@@H](O)CN)C(=O)NCC(=O)N[C@H](CCCN)C(=O)N1CC[C@H]1C(=O)N[C@@H](Cc1cnc[nH]1)C(=O)N[C@@H](CCCCN)C(=O)N/C(=C\CCN=C(N)N)C(=O)O. The number of carbonyl (C=O) groups is 9. The Morgan fingerprint density at radius 2 is 1.48 bits per heavy atom. The van der Waals surface area contributed by atoms with Gasteiger partial charge in [-0.25, -0.2) is 9.78 Å². The maximum absolute atomic E-state index is 13.9. The van der Waals surface area contributed by atoms with Crippen LogP contribution in [0.25, 0.3) is 0 Å². The van der Waals surface area contributed by atoms with Crippen molar-refractivity contribution >= 4 is 59.2 Å². The zero-order chi connectivity index (χ0) is 53.0. The largest absolute Gasteiger partial charge is 0.477 e. The van der Waals surface area contributed by atoms with Crippen LogP contribution < -0.4 is 77.4 Å². The van der Waals surface area contributed by atoms with E-state index in [9.17, 15) is 53.4 Å². The number of unbranched alkanes of at least 4 members (excludes halogenated alkanes) is 2. The molecule has 24 N–H and O–H groups in total. The Bertz CT molecular complexity index is 1980. The van der Waals surface area contributed by atoms with Crippen LogP contribution in [0, 0.1) is 0 Å². The molecule has 1 fully saturated rings. The van der Waals surface area contributed by atoms with Crippen molar-refractivity contribution in [3.63, 3.8) is 0 Å². The number of hydrogen-bond donors (Lipinski definition) is 17. The van der Waals surface area contributed by atoms with Gasteiger partial charge in [0.2, 0.25) is 47.3 Å². The summed E-state index contributed by atoms with van der Waals surface area (Å²) >= 11 is 0. The minimum Gasteiger partial charge on any atom is -0.477 e. The number of carboxylic acid groups (broad SMARTS) is 1. The number of aliphatic imine (C=N–C) groups is 1. The quantitative estimate of drug-likeness (QED) is 0.0132. The number of nitrogens with zero attached hydrogens (tertiary/aromatic N) is 3. The number of amides is 8. The molecule has 1 aliphatic rings. The molecule has 1 saturated heterocycles. The number of carbonyl (C=O) groups excluding carboxylic acids is 8. The van der Waals surface area contributed by atoms with Crippen molar-refractivity contribution in [2.24, 2.45) is 45.1 Å². The number of nitrogens with one attached hydrogen (secondary N) is 8.